The Kier molecular flexibility index (Phi) is 6.36. The number of ether oxygens (including phenoxy) is 1. The third kappa shape index (κ3) is 4.54. The van der Waals surface area contributed by atoms with Crippen molar-refractivity contribution < 1.29 is 17.9 Å². The molecule has 0 N–H and O–H groups in total. The number of rotatable bonds is 6. The zero-order valence-electron chi connectivity index (χ0n) is 16.2. The lowest BCUT2D eigenvalue weighted by Gasteiger charge is -2.33. The van der Waals surface area contributed by atoms with Gasteiger partial charge in [-0.2, -0.15) is 4.31 Å². The summed E-state index contributed by atoms with van der Waals surface area (Å²) in [5, 5.41) is 0. The van der Waals surface area contributed by atoms with Crippen LogP contribution in [0.15, 0.2) is 59.5 Å². The van der Waals surface area contributed by atoms with E-state index in [1.165, 1.54) is 11.4 Å². The van der Waals surface area contributed by atoms with Gasteiger partial charge < -0.3 is 9.64 Å². The minimum Gasteiger partial charge on any atom is -0.497 e. The van der Waals surface area contributed by atoms with Gasteiger partial charge >= 0.3 is 0 Å². The van der Waals surface area contributed by atoms with E-state index in [-0.39, 0.29) is 23.3 Å². The topological polar surface area (TPSA) is 66.9 Å². The minimum atomic E-state index is -3.63. The van der Waals surface area contributed by atoms with Crippen LogP contribution in [0.2, 0.25) is 0 Å². The standard InChI is InChI=1S/C21H26N2O4S/c1-22(15-17-7-4-3-5-8-17)21(24)18-9-6-14-23(16-18)28(25,26)20-12-10-19(27-2)11-13-20/h3-5,7-8,10-13,18H,6,9,14-16H2,1-2H3/t18-/m1/s1. The fourth-order valence-electron chi connectivity index (χ4n) is 3.51. The molecule has 150 valence electrons. The summed E-state index contributed by atoms with van der Waals surface area (Å²) in [4.78, 5) is 14.8. The van der Waals surface area contributed by atoms with Crippen LogP contribution in [0.3, 0.4) is 0 Å². The largest absolute Gasteiger partial charge is 0.497 e. The lowest BCUT2D eigenvalue weighted by atomic mass is 9.98. The molecule has 2 aromatic rings. The van der Waals surface area contributed by atoms with Crippen LogP contribution >= 0.6 is 0 Å². The Morgan fingerprint density at radius 2 is 1.82 bits per heavy atom. The predicted octanol–water partition coefficient (Wildman–Crippen LogP) is 2.75. The highest BCUT2D eigenvalue weighted by Crippen LogP contribution is 2.26. The maximum absolute atomic E-state index is 13.0. The molecule has 0 radical (unpaired) electrons. The molecule has 3 rings (SSSR count). The number of piperidine rings is 1. The molecular weight excluding hydrogens is 376 g/mol. The van der Waals surface area contributed by atoms with Gasteiger partial charge in [0, 0.05) is 26.7 Å². The number of amides is 1. The molecule has 1 saturated heterocycles. The normalized spacial score (nSPS) is 17.9. The first-order chi connectivity index (χ1) is 13.4. The first-order valence-electron chi connectivity index (χ1n) is 9.35. The van der Waals surface area contributed by atoms with Crippen molar-refractivity contribution in [2.24, 2.45) is 5.92 Å². The Balaban J connectivity index is 1.69. The minimum absolute atomic E-state index is 0.0153. The number of carbonyl (C=O) groups excluding carboxylic acids is 1. The van der Waals surface area contributed by atoms with E-state index >= 15 is 0 Å². The van der Waals surface area contributed by atoms with Crippen molar-refractivity contribution >= 4 is 15.9 Å². The first kappa shape index (κ1) is 20.4. The van der Waals surface area contributed by atoms with Gasteiger partial charge in [-0.15, -0.1) is 0 Å². The van der Waals surface area contributed by atoms with Crippen molar-refractivity contribution in [2.45, 2.75) is 24.3 Å². The summed E-state index contributed by atoms with van der Waals surface area (Å²) >= 11 is 0. The average Bonchev–Trinajstić information content (AvgIpc) is 2.74. The summed E-state index contributed by atoms with van der Waals surface area (Å²) in [5.74, 6) is 0.266. The predicted molar refractivity (Wildman–Crippen MR) is 107 cm³/mol. The van der Waals surface area contributed by atoms with Gasteiger partial charge in [-0.1, -0.05) is 30.3 Å². The zero-order valence-corrected chi connectivity index (χ0v) is 17.1. The van der Waals surface area contributed by atoms with Crippen LogP contribution in [0.4, 0.5) is 0 Å². The summed E-state index contributed by atoms with van der Waals surface area (Å²) in [6, 6.07) is 16.1. The maximum atomic E-state index is 13.0. The molecule has 1 aliphatic rings. The molecule has 1 fully saturated rings. The summed E-state index contributed by atoms with van der Waals surface area (Å²) in [7, 11) is -0.323. The number of hydrogen-bond donors (Lipinski definition) is 0. The molecule has 2 aromatic carbocycles. The van der Waals surface area contributed by atoms with E-state index in [0.29, 0.717) is 31.7 Å². The van der Waals surface area contributed by atoms with Gasteiger partial charge in [-0.05, 0) is 42.7 Å². The lowest BCUT2D eigenvalue weighted by Crippen LogP contribution is -2.45. The Morgan fingerprint density at radius 3 is 2.46 bits per heavy atom. The molecule has 0 spiro atoms. The van der Waals surface area contributed by atoms with Crippen LogP contribution in [-0.4, -0.2) is 50.8 Å². The molecule has 0 bridgehead atoms. The number of nitrogens with zero attached hydrogens (tertiary/aromatic N) is 2. The van der Waals surface area contributed by atoms with Crippen molar-refractivity contribution in [3.05, 3.63) is 60.2 Å². The van der Waals surface area contributed by atoms with E-state index in [2.05, 4.69) is 0 Å². The highest BCUT2D eigenvalue weighted by atomic mass is 32.2. The summed E-state index contributed by atoms with van der Waals surface area (Å²) in [6.07, 6.45) is 1.37. The fourth-order valence-corrected chi connectivity index (χ4v) is 5.03. The molecule has 0 unspecified atom stereocenters. The molecule has 0 aliphatic carbocycles. The number of methoxy groups -OCH3 is 1. The third-order valence-corrected chi connectivity index (χ3v) is 6.95. The van der Waals surface area contributed by atoms with E-state index in [1.807, 2.05) is 30.3 Å². The van der Waals surface area contributed by atoms with Crippen LogP contribution in [0.1, 0.15) is 18.4 Å². The molecular formula is C21H26N2O4S. The van der Waals surface area contributed by atoms with Crippen LogP contribution in [0.25, 0.3) is 0 Å². The van der Waals surface area contributed by atoms with Crippen LogP contribution < -0.4 is 4.74 Å². The van der Waals surface area contributed by atoms with E-state index in [4.69, 9.17) is 4.74 Å². The molecule has 7 heteroatoms. The second-order valence-corrected chi connectivity index (χ2v) is 9.00. The zero-order chi connectivity index (χ0) is 20.1. The van der Waals surface area contributed by atoms with E-state index < -0.39 is 10.0 Å². The van der Waals surface area contributed by atoms with Crippen molar-refractivity contribution in [3.8, 4) is 5.75 Å². The van der Waals surface area contributed by atoms with E-state index in [9.17, 15) is 13.2 Å². The van der Waals surface area contributed by atoms with Gasteiger partial charge in [0.1, 0.15) is 5.75 Å². The number of sulfonamides is 1. The second kappa shape index (κ2) is 8.75. The van der Waals surface area contributed by atoms with Gasteiger partial charge in [0.05, 0.1) is 17.9 Å². The number of carbonyl (C=O) groups is 1. The van der Waals surface area contributed by atoms with E-state index in [0.717, 1.165) is 5.56 Å². The summed E-state index contributed by atoms with van der Waals surface area (Å²) in [6.45, 7) is 1.16. The summed E-state index contributed by atoms with van der Waals surface area (Å²) < 4.78 is 32.5. The molecule has 1 aliphatic heterocycles. The molecule has 1 amide bonds. The first-order valence-corrected chi connectivity index (χ1v) is 10.8. The molecule has 28 heavy (non-hydrogen) atoms. The maximum Gasteiger partial charge on any atom is 0.243 e. The van der Waals surface area contributed by atoms with Crippen LogP contribution in [0, 0.1) is 5.92 Å². The molecule has 6 nitrogen and oxygen atoms in total. The van der Waals surface area contributed by atoms with Gasteiger partial charge in [-0.3, -0.25) is 4.79 Å². The average molecular weight is 403 g/mol. The van der Waals surface area contributed by atoms with Crippen molar-refractivity contribution in [1.82, 2.24) is 9.21 Å². The Hall–Kier alpha value is -2.38. The van der Waals surface area contributed by atoms with Crippen molar-refractivity contribution in [2.75, 3.05) is 27.2 Å². The monoisotopic (exact) mass is 402 g/mol. The highest BCUT2D eigenvalue weighted by molar-refractivity contribution is 7.89. The van der Waals surface area contributed by atoms with Gasteiger partial charge in [0.15, 0.2) is 0 Å². The SMILES string of the molecule is COc1ccc(S(=O)(=O)N2CCC[C@@H](C(=O)N(C)Cc3ccccc3)C2)cc1. The lowest BCUT2D eigenvalue weighted by molar-refractivity contribution is -0.135. The molecule has 0 aromatic heterocycles. The highest BCUT2D eigenvalue weighted by Gasteiger charge is 2.34. The fraction of sp³-hybridized carbons (Fsp3) is 0.381. The van der Waals surface area contributed by atoms with Gasteiger partial charge in [0.25, 0.3) is 0 Å². The van der Waals surface area contributed by atoms with Crippen LogP contribution in [-0.2, 0) is 21.4 Å². The van der Waals surface area contributed by atoms with Crippen molar-refractivity contribution in [3.63, 3.8) is 0 Å². The Morgan fingerprint density at radius 1 is 1.14 bits per heavy atom. The quantitative estimate of drug-likeness (QED) is 0.745. The third-order valence-electron chi connectivity index (χ3n) is 5.07. The van der Waals surface area contributed by atoms with E-state index in [1.54, 1.807) is 36.2 Å². The smallest absolute Gasteiger partial charge is 0.243 e. The molecule has 1 heterocycles. The number of hydrogen-bond acceptors (Lipinski definition) is 4. The van der Waals surface area contributed by atoms with Gasteiger partial charge in [0.2, 0.25) is 15.9 Å². The molecule has 0 saturated carbocycles. The van der Waals surface area contributed by atoms with Gasteiger partial charge in [-0.25, -0.2) is 8.42 Å². The van der Waals surface area contributed by atoms with Crippen LogP contribution in [0.5, 0.6) is 5.75 Å². The molecule has 1 atom stereocenters. The Bertz CT molecular complexity index is 898. The summed E-state index contributed by atoms with van der Waals surface area (Å²) in [5.41, 5.74) is 1.05. The second-order valence-electron chi connectivity index (χ2n) is 7.06. The Labute approximate surface area is 166 Å². The number of benzene rings is 2. The van der Waals surface area contributed by atoms with Crippen molar-refractivity contribution in [1.29, 1.82) is 0 Å².